The van der Waals surface area contributed by atoms with Gasteiger partial charge in [-0.1, -0.05) is 6.07 Å². The molecular formula is C13H16N4. The third-order valence-corrected chi connectivity index (χ3v) is 3.35. The van der Waals surface area contributed by atoms with Gasteiger partial charge in [-0.05, 0) is 25.5 Å². The van der Waals surface area contributed by atoms with Crippen molar-refractivity contribution < 1.29 is 0 Å². The number of hydrogen-bond acceptors (Lipinski definition) is 3. The molecule has 17 heavy (non-hydrogen) atoms. The standard InChI is InChI=1S/C13H16N4/c1-9-12-8-10(14)5-7-17(12)13(16-9)11-4-2-3-6-15-11/h2-4,6,10H,5,7-8,14H2,1H3. The third-order valence-electron chi connectivity index (χ3n) is 3.35. The van der Waals surface area contributed by atoms with Crippen LogP contribution in [-0.4, -0.2) is 20.6 Å². The summed E-state index contributed by atoms with van der Waals surface area (Å²) in [6, 6.07) is 6.19. The van der Waals surface area contributed by atoms with Gasteiger partial charge in [-0.15, -0.1) is 0 Å². The van der Waals surface area contributed by atoms with Crippen molar-refractivity contribution in [1.29, 1.82) is 0 Å². The molecule has 2 N–H and O–H groups in total. The Hall–Kier alpha value is -1.68. The van der Waals surface area contributed by atoms with E-state index >= 15 is 0 Å². The number of aryl methyl sites for hydroxylation is 1. The molecule has 3 heterocycles. The molecule has 3 rings (SSSR count). The summed E-state index contributed by atoms with van der Waals surface area (Å²) in [6.45, 7) is 3.00. The summed E-state index contributed by atoms with van der Waals surface area (Å²) in [5.74, 6) is 0.977. The van der Waals surface area contributed by atoms with E-state index < -0.39 is 0 Å². The lowest BCUT2D eigenvalue weighted by Gasteiger charge is -2.22. The highest BCUT2D eigenvalue weighted by Crippen LogP contribution is 2.25. The van der Waals surface area contributed by atoms with Gasteiger partial charge in [-0.25, -0.2) is 4.98 Å². The number of hydrogen-bond donors (Lipinski definition) is 1. The molecule has 0 saturated heterocycles. The summed E-state index contributed by atoms with van der Waals surface area (Å²) < 4.78 is 2.26. The minimum absolute atomic E-state index is 0.273. The van der Waals surface area contributed by atoms with Crippen LogP contribution in [-0.2, 0) is 13.0 Å². The van der Waals surface area contributed by atoms with Gasteiger partial charge in [-0.3, -0.25) is 4.98 Å². The molecule has 0 spiro atoms. The van der Waals surface area contributed by atoms with Crippen LogP contribution in [0.5, 0.6) is 0 Å². The molecule has 0 saturated carbocycles. The Labute approximate surface area is 101 Å². The Morgan fingerprint density at radius 1 is 1.41 bits per heavy atom. The molecule has 2 aromatic heterocycles. The van der Waals surface area contributed by atoms with Crippen molar-refractivity contribution in [3.05, 3.63) is 35.8 Å². The Balaban J connectivity index is 2.11. The molecule has 0 amide bonds. The summed E-state index contributed by atoms with van der Waals surface area (Å²) >= 11 is 0. The highest BCUT2D eigenvalue weighted by molar-refractivity contribution is 5.51. The lowest BCUT2D eigenvalue weighted by molar-refractivity contribution is 0.473. The molecule has 0 radical (unpaired) electrons. The van der Waals surface area contributed by atoms with Gasteiger partial charge in [0, 0.05) is 30.9 Å². The second-order valence-electron chi connectivity index (χ2n) is 4.59. The van der Waals surface area contributed by atoms with Crippen LogP contribution in [0.1, 0.15) is 17.8 Å². The van der Waals surface area contributed by atoms with Crippen LogP contribution >= 0.6 is 0 Å². The van der Waals surface area contributed by atoms with E-state index in [9.17, 15) is 0 Å². The van der Waals surface area contributed by atoms with Crippen molar-refractivity contribution in [1.82, 2.24) is 14.5 Å². The predicted octanol–water partition coefficient (Wildman–Crippen LogP) is 1.53. The van der Waals surface area contributed by atoms with Crippen molar-refractivity contribution in [3.63, 3.8) is 0 Å². The highest BCUT2D eigenvalue weighted by Gasteiger charge is 2.22. The van der Waals surface area contributed by atoms with Gasteiger partial charge >= 0.3 is 0 Å². The van der Waals surface area contributed by atoms with E-state index in [0.717, 1.165) is 36.6 Å². The van der Waals surface area contributed by atoms with E-state index in [2.05, 4.69) is 21.5 Å². The first kappa shape index (κ1) is 10.5. The summed E-state index contributed by atoms with van der Waals surface area (Å²) in [7, 11) is 0. The fourth-order valence-electron chi connectivity index (χ4n) is 2.44. The molecule has 4 nitrogen and oxygen atoms in total. The molecule has 0 fully saturated rings. The van der Waals surface area contributed by atoms with Crippen molar-refractivity contribution in [3.8, 4) is 11.5 Å². The zero-order valence-corrected chi connectivity index (χ0v) is 9.93. The molecule has 0 aromatic carbocycles. The summed E-state index contributed by atoms with van der Waals surface area (Å²) in [5, 5.41) is 0. The van der Waals surface area contributed by atoms with E-state index in [1.165, 1.54) is 5.69 Å². The number of imidazole rings is 1. The normalized spacial score (nSPS) is 19.1. The summed E-state index contributed by atoms with van der Waals surface area (Å²) in [4.78, 5) is 9.02. The van der Waals surface area contributed by atoms with Crippen LogP contribution in [0.15, 0.2) is 24.4 Å². The first-order chi connectivity index (χ1) is 8.25. The number of pyridine rings is 1. The number of nitrogens with zero attached hydrogens (tertiary/aromatic N) is 3. The molecule has 1 unspecified atom stereocenters. The first-order valence-electron chi connectivity index (χ1n) is 5.98. The van der Waals surface area contributed by atoms with Gasteiger partial charge in [0.05, 0.1) is 5.69 Å². The highest BCUT2D eigenvalue weighted by atomic mass is 15.1. The van der Waals surface area contributed by atoms with Gasteiger partial charge in [0.2, 0.25) is 0 Å². The van der Waals surface area contributed by atoms with E-state index in [1.807, 2.05) is 18.2 Å². The lowest BCUT2D eigenvalue weighted by Crippen LogP contribution is -2.31. The molecule has 1 aliphatic rings. The Bertz CT molecular complexity index is 530. The first-order valence-corrected chi connectivity index (χ1v) is 5.98. The minimum atomic E-state index is 0.273. The molecule has 0 bridgehead atoms. The van der Waals surface area contributed by atoms with Gasteiger partial charge in [0.1, 0.15) is 5.69 Å². The van der Waals surface area contributed by atoms with Gasteiger partial charge < -0.3 is 10.3 Å². The maximum Gasteiger partial charge on any atom is 0.159 e. The maximum absolute atomic E-state index is 6.01. The van der Waals surface area contributed by atoms with Crippen LogP contribution < -0.4 is 5.73 Å². The monoisotopic (exact) mass is 228 g/mol. The number of fused-ring (bicyclic) bond motifs is 1. The largest absolute Gasteiger partial charge is 0.327 e. The predicted molar refractivity (Wildman–Crippen MR) is 66.5 cm³/mol. The zero-order valence-electron chi connectivity index (χ0n) is 9.93. The molecular weight excluding hydrogens is 212 g/mol. The van der Waals surface area contributed by atoms with Crippen LogP contribution in [0.2, 0.25) is 0 Å². The van der Waals surface area contributed by atoms with Crippen molar-refractivity contribution >= 4 is 0 Å². The molecule has 1 aliphatic heterocycles. The van der Waals surface area contributed by atoms with Crippen LogP contribution in [0.4, 0.5) is 0 Å². The maximum atomic E-state index is 6.01. The van der Waals surface area contributed by atoms with Gasteiger partial charge in [0.15, 0.2) is 5.82 Å². The molecule has 2 aromatic rings. The number of nitrogens with two attached hydrogens (primary N) is 1. The lowest BCUT2D eigenvalue weighted by atomic mass is 10.0. The Kier molecular flexibility index (Phi) is 2.44. The van der Waals surface area contributed by atoms with Gasteiger partial charge in [0.25, 0.3) is 0 Å². The molecule has 0 aliphatic carbocycles. The number of rotatable bonds is 1. The average molecular weight is 228 g/mol. The van der Waals surface area contributed by atoms with E-state index in [0.29, 0.717) is 0 Å². The second kappa shape index (κ2) is 3.96. The quantitative estimate of drug-likeness (QED) is 0.805. The smallest absolute Gasteiger partial charge is 0.159 e. The minimum Gasteiger partial charge on any atom is -0.327 e. The molecule has 4 heteroatoms. The van der Waals surface area contributed by atoms with Crippen LogP contribution in [0, 0.1) is 6.92 Å². The third kappa shape index (κ3) is 1.74. The van der Waals surface area contributed by atoms with Crippen molar-refractivity contribution in [2.75, 3.05) is 0 Å². The fourth-order valence-corrected chi connectivity index (χ4v) is 2.44. The van der Waals surface area contributed by atoms with E-state index in [-0.39, 0.29) is 6.04 Å². The molecule has 1 atom stereocenters. The fraction of sp³-hybridized carbons (Fsp3) is 0.385. The van der Waals surface area contributed by atoms with Crippen molar-refractivity contribution in [2.45, 2.75) is 32.4 Å². The SMILES string of the molecule is Cc1nc(-c2ccccn2)n2c1CC(N)CC2. The summed E-state index contributed by atoms with van der Waals surface area (Å²) in [5.41, 5.74) is 9.30. The van der Waals surface area contributed by atoms with E-state index in [1.54, 1.807) is 6.20 Å². The Morgan fingerprint density at radius 3 is 3.06 bits per heavy atom. The Morgan fingerprint density at radius 2 is 2.29 bits per heavy atom. The van der Waals surface area contributed by atoms with Crippen LogP contribution in [0.3, 0.4) is 0 Å². The van der Waals surface area contributed by atoms with Crippen LogP contribution in [0.25, 0.3) is 11.5 Å². The number of aromatic nitrogens is 3. The summed E-state index contributed by atoms with van der Waals surface area (Å²) in [6.07, 6.45) is 3.75. The average Bonchev–Trinajstić information content (AvgIpc) is 2.68. The second-order valence-corrected chi connectivity index (χ2v) is 4.59. The van der Waals surface area contributed by atoms with E-state index in [4.69, 9.17) is 5.73 Å². The zero-order chi connectivity index (χ0) is 11.8. The van der Waals surface area contributed by atoms with Gasteiger partial charge in [-0.2, -0.15) is 0 Å². The topological polar surface area (TPSA) is 56.7 Å². The van der Waals surface area contributed by atoms with Crippen molar-refractivity contribution in [2.24, 2.45) is 5.73 Å². The molecule has 88 valence electrons.